The van der Waals surface area contributed by atoms with Gasteiger partial charge in [0.1, 0.15) is 6.42 Å². The highest BCUT2D eigenvalue weighted by molar-refractivity contribution is 8.01. The van der Waals surface area contributed by atoms with Crippen LogP contribution >= 0.6 is 11.8 Å². The van der Waals surface area contributed by atoms with Crippen molar-refractivity contribution in [2.45, 2.75) is 31.9 Å². The van der Waals surface area contributed by atoms with Gasteiger partial charge < -0.3 is 4.74 Å². The SMILES string of the molecule is COC(=O)CC(=O)CSC(C)(C)C. The van der Waals surface area contributed by atoms with Crippen LogP contribution < -0.4 is 0 Å². The predicted molar refractivity (Wildman–Crippen MR) is 53.9 cm³/mol. The average Bonchev–Trinajstić information content (AvgIpc) is 1.99. The van der Waals surface area contributed by atoms with Crippen molar-refractivity contribution in [2.75, 3.05) is 12.9 Å². The summed E-state index contributed by atoms with van der Waals surface area (Å²) in [6.07, 6.45) is -0.112. The summed E-state index contributed by atoms with van der Waals surface area (Å²) in [5.74, 6) is -0.162. The molecule has 0 fully saturated rings. The molecule has 0 bridgehead atoms. The Morgan fingerprint density at radius 2 is 1.85 bits per heavy atom. The van der Waals surface area contributed by atoms with Crippen LogP contribution in [0.5, 0.6) is 0 Å². The van der Waals surface area contributed by atoms with E-state index in [0.29, 0.717) is 5.75 Å². The van der Waals surface area contributed by atoms with Crippen molar-refractivity contribution < 1.29 is 14.3 Å². The largest absolute Gasteiger partial charge is 0.469 e. The summed E-state index contributed by atoms with van der Waals surface area (Å²) in [5.41, 5.74) is 0. The first kappa shape index (κ1) is 12.5. The number of rotatable bonds is 4. The van der Waals surface area contributed by atoms with Crippen molar-refractivity contribution in [1.82, 2.24) is 0 Å². The summed E-state index contributed by atoms with van der Waals surface area (Å²) in [4.78, 5) is 21.8. The van der Waals surface area contributed by atoms with Gasteiger partial charge in [0, 0.05) is 4.75 Å². The van der Waals surface area contributed by atoms with Gasteiger partial charge in [-0.2, -0.15) is 0 Å². The molecule has 0 aromatic carbocycles. The van der Waals surface area contributed by atoms with Crippen molar-refractivity contribution in [1.29, 1.82) is 0 Å². The molecule has 4 heteroatoms. The van der Waals surface area contributed by atoms with Crippen LogP contribution in [0.1, 0.15) is 27.2 Å². The van der Waals surface area contributed by atoms with Gasteiger partial charge in [-0.1, -0.05) is 20.8 Å². The quantitative estimate of drug-likeness (QED) is 0.516. The fourth-order valence-corrected chi connectivity index (χ4v) is 1.28. The minimum atomic E-state index is -0.459. The molecule has 0 amide bonds. The fourth-order valence-electron chi connectivity index (χ4n) is 0.581. The van der Waals surface area contributed by atoms with Crippen LogP contribution in [0.25, 0.3) is 0 Å². The molecule has 0 aliphatic heterocycles. The Morgan fingerprint density at radius 3 is 2.23 bits per heavy atom. The second-order valence-electron chi connectivity index (χ2n) is 3.69. The summed E-state index contributed by atoms with van der Waals surface area (Å²) in [7, 11) is 1.28. The van der Waals surface area contributed by atoms with Crippen molar-refractivity contribution in [3.05, 3.63) is 0 Å². The fraction of sp³-hybridized carbons (Fsp3) is 0.778. The topological polar surface area (TPSA) is 43.4 Å². The summed E-state index contributed by atoms with van der Waals surface area (Å²) in [5, 5.41) is 0. The van der Waals surface area contributed by atoms with Crippen LogP contribution in [0.15, 0.2) is 0 Å². The molecule has 13 heavy (non-hydrogen) atoms. The number of ketones is 1. The number of carbonyl (C=O) groups excluding carboxylic acids is 2. The molecule has 0 atom stereocenters. The third kappa shape index (κ3) is 7.84. The average molecular weight is 204 g/mol. The smallest absolute Gasteiger partial charge is 0.313 e. The van der Waals surface area contributed by atoms with E-state index in [0.717, 1.165) is 0 Å². The third-order valence-electron chi connectivity index (χ3n) is 1.24. The van der Waals surface area contributed by atoms with Crippen LogP contribution in [0, 0.1) is 0 Å². The van der Waals surface area contributed by atoms with Crippen molar-refractivity contribution in [3.8, 4) is 0 Å². The Morgan fingerprint density at radius 1 is 1.31 bits per heavy atom. The number of ether oxygens (including phenoxy) is 1. The normalized spacial score (nSPS) is 11.1. The monoisotopic (exact) mass is 204 g/mol. The van der Waals surface area contributed by atoms with E-state index in [1.807, 2.05) is 20.8 Å². The molecule has 0 saturated carbocycles. The second kappa shape index (κ2) is 5.27. The van der Waals surface area contributed by atoms with Crippen LogP contribution in [-0.4, -0.2) is 29.4 Å². The van der Waals surface area contributed by atoms with Gasteiger partial charge in [-0.05, 0) is 0 Å². The number of hydrogen-bond donors (Lipinski definition) is 0. The van der Waals surface area contributed by atoms with Gasteiger partial charge in [-0.15, -0.1) is 11.8 Å². The molecule has 0 saturated heterocycles. The summed E-state index contributed by atoms with van der Waals surface area (Å²) >= 11 is 1.54. The minimum Gasteiger partial charge on any atom is -0.469 e. The lowest BCUT2D eigenvalue weighted by molar-refractivity contribution is -0.142. The van der Waals surface area contributed by atoms with E-state index < -0.39 is 5.97 Å². The molecule has 0 spiro atoms. The van der Waals surface area contributed by atoms with Crippen LogP contribution in [0.3, 0.4) is 0 Å². The highest BCUT2D eigenvalue weighted by Crippen LogP contribution is 2.23. The highest BCUT2D eigenvalue weighted by atomic mass is 32.2. The van der Waals surface area contributed by atoms with E-state index in [4.69, 9.17) is 0 Å². The minimum absolute atomic E-state index is 0.0613. The molecule has 3 nitrogen and oxygen atoms in total. The van der Waals surface area contributed by atoms with E-state index in [1.165, 1.54) is 18.9 Å². The van der Waals surface area contributed by atoms with E-state index in [1.54, 1.807) is 0 Å². The molecule has 0 rings (SSSR count). The van der Waals surface area contributed by atoms with Crippen LogP contribution in [0.4, 0.5) is 0 Å². The highest BCUT2D eigenvalue weighted by Gasteiger charge is 2.15. The van der Waals surface area contributed by atoms with E-state index >= 15 is 0 Å². The van der Waals surface area contributed by atoms with Gasteiger partial charge >= 0.3 is 5.97 Å². The zero-order valence-corrected chi connectivity index (χ0v) is 9.36. The number of Topliss-reactive ketones (excluding diaryl/α,β-unsaturated/α-hetero) is 1. The van der Waals surface area contributed by atoms with Gasteiger partial charge in [-0.3, -0.25) is 9.59 Å². The lowest BCUT2D eigenvalue weighted by Crippen LogP contribution is -2.16. The summed E-state index contributed by atoms with van der Waals surface area (Å²) < 4.78 is 4.45. The standard InChI is InChI=1S/C9H16O3S/c1-9(2,3)13-6-7(10)5-8(11)12-4/h5-6H2,1-4H3. The second-order valence-corrected chi connectivity index (χ2v) is 5.49. The molecule has 0 aliphatic rings. The maximum Gasteiger partial charge on any atom is 0.313 e. The molecule has 0 aliphatic carbocycles. The number of methoxy groups -OCH3 is 1. The molecule has 0 unspecified atom stereocenters. The van der Waals surface area contributed by atoms with Gasteiger partial charge in [0.05, 0.1) is 12.9 Å². The Labute approximate surface area is 83.2 Å². The molecular weight excluding hydrogens is 188 g/mol. The first-order valence-corrected chi connectivity index (χ1v) is 5.06. The Balaban J connectivity index is 3.70. The molecule has 0 aromatic heterocycles. The molecular formula is C9H16O3S. The molecule has 0 N–H and O–H groups in total. The lowest BCUT2D eigenvalue weighted by atomic mass is 10.3. The first-order valence-electron chi connectivity index (χ1n) is 4.07. The number of hydrogen-bond acceptors (Lipinski definition) is 4. The van der Waals surface area contributed by atoms with Crippen molar-refractivity contribution in [2.24, 2.45) is 0 Å². The number of carbonyl (C=O) groups is 2. The molecule has 0 heterocycles. The summed E-state index contributed by atoms with van der Waals surface area (Å²) in [6.45, 7) is 6.09. The Kier molecular flexibility index (Phi) is 5.06. The van der Waals surface area contributed by atoms with Crippen molar-refractivity contribution in [3.63, 3.8) is 0 Å². The molecule has 76 valence electrons. The van der Waals surface area contributed by atoms with Gasteiger partial charge in [0.2, 0.25) is 0 Å². The third-order valence-corrected chi connectivity index (χ3v) is 2.57. The molecule has 0 radical (unpaired) electrons. The zero-order chi connectivity index (χ0) is 10.5. The zero-order valence-electron chi connectivity index (χ0n) is 8.55. The van der Waals surface area contributed by atoms with Gasteiger partial charge in [0.15, 0.2) is 5.78 Å². The maximum absolute atomic E-state index is 11.1. The van der Waals surface area contributed by atoms with E-state index in [2.05, 4.69) is 4.74 Å². The lowest BCUT2D eigenvalue weighted by Gasteiger charge is -2.16. The van der Waals surface area contributed by atoms with Gasteiger partial charge in [-0.25, -0.2) is 0 Å². The van der Waals surface area contributed by atoms with Crippen LogP contribution in [0.2, 0.25) is 0 Å². The Hall–Kier alpha value is -0.510. The molecule has 0 aromatic rings. The van der Waals surface area contributed by atoms with Crippen molar-refractivity contribution >= 4 is 23.5 Å². The number of esters is 1. The number of thioether (sulfide) groups is 1. The summed E-state index contributed by atoms with van der Waals surface area (Å²) in [6, 6.07) is 0. The predicted octanol–water partition coefficient (Wildman–Crippen LogP) is 1.65. The maximum atomic E-state index is 11.1. The first-order chi connectivity index (χ1) is 5.85. The van der Waals surface area contributed by atoms with Gasteiger partial charge in [0.25, 0.3) is 0 Å². The van der Waals surface area contributed by atoms with E-state index in [-0.39, 0.29) is 17.0 Å². The van der Waals surface area contributed by atoms with E-state index in [9.17, 15) is 9.59 Å². The Bertz CT molecular complexity index is 194. The van der Waals surface area contributed by atoms with Crippen LogP contribution in [-0.2, 0) is 14.3 Å².